The van der Waals surface area contributed by atoms with Crippen molar-refractivity contribution in [3.05, 3.63) is 36.0 Å². The average Bonchev–Trinajstić information content (AvgIpc) is 3.13. The maximum absolute atomic E-state index is 12.4. The van der Waals surface area contributed by atoms with Gasteiger partial charge in [-0.3, -0.25) is 4.79 Å². The van der Waals surface area contributed by atoms with Gasteiger partial charge in [0.15, 0.2) is 0 Å². The number of nitrogens with zero attached hydrogens (tertiary/aromatic N) is 1. The summed E-state index contributed by atoms with van der Waals surface area (Å²) < 4.78 is 0. The highest BCUT2D eigenvalue weighted by molar-refractivity contribution is 5.87. The van der Waals surface area contributed by atoms with Gasteiger partial charge >= 0.3 is 0 Å². The highest BCUT2D eigenvalue weighted by Gasteiger charge is 2.31. The Balaban J connectivity index is 1.75. The number of likely N-dealkylation sites (tertiary alicyclic amines) is 1. The number of carbonyl (C=O) groups is 2. The summed E-state index contributed by atoms with van der Waals surface area (Å²) in [7, 11) is 0. The van der Waals surface area contributed by atoms with Crippen LogP contribution in [-0.2, 0) is 16.0 Å². The Morgan fingerprint density at radius 3 is 3.10 bits per heavy atom. The number of nitrogens with two attached hydrogens (primary N) is 1. The summed E-state index contributed by atoms with van der Waals surface area (Å²) in [5, 5.41) is 1.09. The number of hydrogen-bond acceptors (Lipinski definition) is 3. The van der Waals surface area contributed by atoms with Gasteiger partial charge < -0.3 is 20.4 Å². The molecule has 2 heterocycles. The highest BCUT2D eigenvalue weighted by Crippen LogP contribution is 2.21. The summed E-state index contributed by atoms with van der Waals surface area (Å²) in [5.74, 6) is -0.130. The van der Waals surface area contributed by atoms with Crippen molar-refractivity contribution in [3.63, 3.8) is 0 Å². The standard InChI is InChI=1S/C16H19N3O2/c17-14(16(21)19-7-3-4-12(19)10-20)8-11-9-18-15-6-2-1-5-13(11)15/h1-2,5-6,9-10,12,14,18H,3-4,7-8,17H2/t12-,14-/m0/s1. The van der Waals surface area contributed by atoms with Crippen molar-refractivity contribution < 1.29 is 9.59 Å². The van der Waals surface area contributed by atoms with Crippen molar-refractivity contribution in [3.8, 4) is 0 Å². The first-order valence-electron chi connectivity index (χ1n) is 7.27. The lowest BCUT2D eigenvalue weighted by atomic mass is 10.0. The third-order valence-corrected chi connectivity index (χ3v) is 4.17. The van der Waals surface area contributed by atoms with Gasteiger partial charge in [-0.1, -0.05) is 18.2 Å². The molecular weight excluding hydrogens is 266 g/mol. The summed E-state index contributed by atoms with van der Waals surface area (Å²) in [6.07, 6.45) is 4.84. The molecule has 1 aliphatic rings. The number of H-pyrrole nitrogens is 1. The van der Waals surface area contributed by atoms with Gasteiger partial charge in [0.2, 0.25) is 5.91 Å². The third-order valence-electron chi connectivity index (χ3n) is 4.17. The first-order chi connectivity index (χ1) is 10.2. The third kappa shape index (κ3) is 2.56. The molecule has 0 saturated carbocycles. The van der Waals surface area contributed by atoms with Gasteiger partial charge in [0.1, 0.15) is 6.29 Å². The number of fused-ring (bicyclic) bond motifs is 1. The highest BCUT2D eigenvalue weighted by atomic mass is 16.2. The van der Waals surface area contributed by atoms with Crippen molar-refractivity contribution in [2.45, 2.75) is 31.3 Å². The van der Waals surface area contributed by atoms with Crippen LogP contribution in [0.2, 0.25) is 0 Å². The number of aromatic nitrogens is 1. The van der Waals surface area contributed by atoms with Crippen LogP contribution in [0.5, 0.6) is 0 Å². The van der Waals surface area contributed by atoms with E-state index in [9.17, 15) is 9.59 Å². The van der Waals surface area contributed by atoms with E-state index < -0.39 is 6.04 Å². The SMILES string of the molecule is N[C@@H](Cc1c[nH]c2ccccc12)C(=O)N1CCC[C@H]1C=O. The quantitative estimate of drug-likeness (QED) is 0.829. The van der Waals surface area contributed by atoms with E-state index in [1.165, 1.54) is 0 Å². The van der Waals surface area contributed by atoms with Crippen LogP contribution >= 0.6 is 0 Å². The molecule has 0 unspecified atom stereocenters. The molecule has 0 radical (unpaired) electrons. The molecule has 1 amide bonds. The lowest BCUT2D eigenvalue weighted by Crippen LogP contribution is -2.47. The van der Waals surface area contributed by atoms with Crippen molar-refractivity contribution in [2.24, 2.45) is 5.73 Å². The lowest BCUT2D eigenvalue weighted by molar-refractivity contribution is -0.135. The van der Waals surface area contributed by atoms with Crippen LogP contribution in [0.3, 0.4) is 0 Å². The van der Waals surface area contributed by atoms with E-state index >= 15 is 0 Å². The molecule has 0 aliphatic carbocycles. The topological polar surface area (TPSA) is 79.2 Å². The van der Waals surface area contributed by atoms with E-state index in [1.807, 2.05) is 30.5 Å². The first kappa shape index (κ1) is 13.8. The molecule has 0 spiro atoms. The zero-order chi connectivity index (χ0) is 14.8. The second-order valence-electron chi connectivity index (χ2n) is 5.55. The molecular formula is C16H19N3O2. The molecule has 3 N–H and O–H groups in total. The fraction of sp³-hybridized carbons (Fsp3) is 0.375. The van der Waals surface area contributed by atoms with Crippen LogP contribution in [0.25, 0.3) is 10.9 Å². The van der Waals surface area contributed by atoms with Crippen molar-refractivity contribution in [2.75, 3.05) is 6.54 Å². The van der Waals surface area contributed by atoms with Crippen LogP contribution in [0.4, 0.5) is 0 Å². The summed E-state index contributed by atoms with van der Waals surface area (Å²) in [5.41, 5.74) is 8.15. The number of benzene rings is 1. The van der Waals surface area contributed by atoms with Gasteiger partial charge in [-0.05, 0) is 30.9 Å². The average molecular weight is 285 g/mol. The Morgan fingerprint density at radius 2 is 2.29 bits per heavy atom. The van der Waals surface area contributed by atoms with Gasteiger partial charge in [0, 0.05) is 23.6 Å². The maximum Gasteiger partial charge on any atom is 0.240 e. The van der Waals surface area contributed by atoms with Crippen LogP contribution in [0, 0.1) is 0 Å². The summed E-state index contributed by atoms with van der Waals surface area (Å²) in [4.78, 5) is 28.2. The van der Waals surface area contributed by atoms with Crippen molar-refractivity contribution >= 4 is 23.1 Å². The number of aldehydes is 1. The molecule has 1 aromatic carbocycles. The Bertz CT molecular complexity index is 664. The van der Waals surface area contributed by atoms with E-state index in [4.69, 9.17) is 5.73 Å². The second kappa shape index (κ2) is 5.69. The summed E-state index contributed by atoms with van der Waals surface area (Å²) in [6.45, 7) is 0.629. The number of amides is 1. The number of aromatic amines is 1. The van der Waals surface area contributed by atoms with Gasteiger partial charge in [-0.2, -0.15) is 0 Å². The Kier molecular flexibility index (Phi) is 3.75. The minimum atomic E-state index is -0.607. The number of carbonyl (C=O) groups excluding carboxylic acids is 2. The Hall–Kier alpha value is -2.14. The van der Waals surface area contributed by atoms with E-state index in [0.717, 1.165) is 35.6 Å². The number of rotatable bonds is 4. The summed E-state index contributed by atoms with van der Waals surface area (Å²) in [6, 6.07) is 7.04. The summed E-state index contributed by atoms with van der Waals surface area (Å²) >= 11 is 0. The molecule has 3 rings (SSSR count). The first-order valence-corrected chi connectivity index (χ1v) is 7.27. The molecule has 21 heavy (non-hydrogen) atoms. The van der Waals surface area contributed by atoms with Gasteiger partial charge in [-0.25, -0.2) is 0 Å². The van der Waals surface area contributed by atoms with Gasteiger partial charge in [0.05, 0.1) is 12.1 Å². The number of nitrogens with one attached hydrogen (secondary N) is 1. The maximum atomic E-state index is 12.4. The molecule has 5 heteroatoms. The molecule has 5 nitrogen and oxygen atoms in total. The monoisotopic (exact) mass is 285 g/mol. The van der Waals surface area contributed by atoms with Gasteiger partial charge in [-0.15, -0.1) is 0 Å². The van der Waals surface area contributed by atoms with Crippen LogP contribution < -0.4 is 5.73 Å². The largest absolute Gasteiger partial charge is 0.361 e. The predicted molar refractivity (Wildman–Crippen MR) is 80.8 cm³/mol. The second-order valence-corrected chi connectivity index (χ2v) is 5.55. The van der Waals surface area contributed by atoms with Crippen LogP contribution in [0.15, 0.2) is 30.5 Å². The smallest absolute Gasteiger partial charge is 0.240 e. The fourth-order valence-corrected chi connectivity index (χ4v) is 3.05. The normalized spacial score (nSPS) is 19.9. The molecule has 1 fully saturated rings. The molecule has 110 valence electrons. The molecule has 0 bridgehead atoms. The Morgan fingerprint density at radius 1 is 1.48 bits per heavy atom. The Labute approximate surface area is 123 Å². The van der Waals surface area contributed by atoms with E-state index in [0.29, 0.717) is 13.0 Å². The van der Waals surface area contributed by atoms with E-state index in [2.05, 4.69) is 4.98 Å². The minimum Gasteiger partial charge on any atom is -0.361 e. The molecule has 1 aromatic heterocycles. The number of hydrogen-bond donors (Lipinski definition) is 2. The fourth-order valence-electron chi connectivity index (χ4n) is 3.05. The van der Waals surface area contributed by atoms with Crippen LogP contribution in [-0.4, -0.2) is 40.7 Å². The van der Waals surface area contributed by atoms with E-state index in [1.54, 1.807) is 4.90 Å². The molecule has 2 aromatic rings. The van der Waals surface area contributed by atoms with Crippen LogP contribution in [0.1, 0.15) is 18.4 Å². The molecule has 2 atom stereocenters. The lowest BCUT2D eigenvalue weighted by Gasteiger charge is -2.24. The van der Waals surface area contributed by atoms with E-state index in [-0.39, 0.29) is 11.9 Å². The molecule has 1 saturated heterocycles. The zero-order valence-electron chi connectivity index (χ0n) is 11.8. The number of para-hydroxylation sites is 1. The predicted octanol–water partition coefficient (Wildman–Crippen LogP) is 1.23. The minimum absolute atomic E-state index is 0.130. The van der Waals surface area contributed by atoms with Crippen molar-refractivity contribution in [1.29, 1.82) is 0 Å². The van der Waals surface area contributed by atoms with Crippen molar-refractivity contribution in [1.82, 2.24) is 9.88 Å². The van der Waals surface area contributed by atoms with Gasteiger partial charge in [0.25, 0.3) is 0 Å². The molecule has 1 aliphatic heterocycles. The zero-order valence-corrected chi connectivity index (χ0v) is 11.8.